The average molecular weight is 572 g/mol. The Morgan fingerprint density at radius 2 is 1.90 bits per heavy atom. The molecule has 1 fully saturated rings. The summed E-state index contributed by atoms with van der Waals surface area (Å²) >= 11 is 0. The zero-order valence-corrected chi connectivity index (χ0v) is 24.3. The van der Waals surface area contributed by atoms with Gasteiger partial charge < -0.3 is 24.0 Å². The van der Waals surface area contributed by atoms with E-state index in [2.05, 4.69) is 21.7 Å². The number of carbonyl (C=O) groups excluding carboxylic acids is 1. The first kappa shape index (κ1) is 28.9. The van der Waals surface area contributed by atoms with Gasteiger partial charge in [-0.25, -0.2) is 0 Å². The Hall–Kier alpha value is -4.62. The number of likely N-dealkylation sites (N-methyl/N-ethyl adjacent to an activating group) is 1. The molecule has 1 unspecified atom stereocenters. The van der Waals surface area contributed by atoms with Crippen LogP contribution in [-0.4, -0.2) is 77.9 Å². The lowest BCUT2D eigenvalue weighted by Gasteiger charge is -2.32. The van der Waals surface area contributed by atoms with Crippen molar-refractivity contribution < 1.29 is 23.4 Å². The number of rotatable bonds is 9. The minimum absolute atomic E-state index is 0.0603. The molecule has 3 heterocycles. The molecular formula is C32H34FN5O4. The number of hydrogen-bond acceptors (Lipinski definition) is 7. The number of nitrogens with zero attached hydrogens (tertiary/aromatic N) is 5. The molecule has 5 rings (SSSR count). The van der Waals surface area contributed by atoms with Crippen molar-refractivity contribution >= 4 is 16.8 Å². The molecule has 10 heteroatoms. The molecular weight excluding hydrogens is 537 g/mol. The maximum Gasteiger partial charge on any atom is 0.298 e. The third-order valence-corrected chi connectivity index (χ3v) is 7.14. The van der Waals surface area contributed by atoms with Gasteiger partial charge in [-0.3, -0.25) is 14.5 Å². The smallest absolute Gasteiger partial charge is 0.298 e. The predicted molar refractivity (Wildman–Crippen MR) is 158 cm³/mol. The number of hydrogen-bond donors (Lipinski definition) is 0. The minimum Gasteiger partial charge on any atom is -0.494 e. The Kier molecular flexibility index (Phi) is 8.88. The molecule has 9 nitrogen and oxygen atoms in total. The van der Waals surface area contributed by atoms with Crippen LogP contribution in [0.4, 0.5) is 4.39 Å². The summed E-state index contributed by atoms with van der Waals surface area (Å²) in [5.74, 6) is 5.93. The number of aromatic nitrogens is 3. The number of methoxy groups -OCH3 is 1. The van der Waals surface area contributed by atoms with Gasteiger partial charge in [-0.05, 0) is 76.2 Å². The van der Waals surface area contributed by atoms with Gasteiger partial charge in [0.25, 0.3) is 5.91 Å². The topological polar surface area (TPSA) is 82.0 Å². The van der Waals surface area contributed by atoms with Crippen LogP contribution in [0.2, 0.25) is 0 Å². The van der Waals surface area contributed by atoms with Gasteiger partial charge in [0.15, 0.2) is 17.2 Å². The van der Waals surface area contributed by atoms with Crippen molar-refractivity contribution in [2.45, 2.75) is 25.8 Å². The van der Waals surface area contributed by atoms with Crippen molar-refractivity contribution in [3.63, 3.8) is 0 Å². The monoisotopic (exact) mass is 571 g/mol. The van der Waals surface area contributed by atoms with Crippen molar-refractivity contribution in [1.29, 1.82) is 0 Å². The van der Waals surface area contributed by atoms with Gasteiger partial charge in [0.2, 0.25) is 5.82 Å². The Morgan fingerprint density at radius 1 is 1.12 bits per heavy atom. The van der Waals surface area contributed by atoms with E-state index >= 15 is 0 Å². The summed E-state index contributed by atoms with van der Waals surface area (Å²) in [6.07, 6.45) is 5.20. The normalized spacial score (nSPS) is 14.9. The van der Waals surface area contributed by atoms with Crippen molar-refractivity contribution in [2.75, 3.05) is 47.4 Å². The fourth-order valence-corrected chi connectivity index (χ4v) is 5.04. The van der Waals surface area contributed by atoms with Gasteiger partial charge in [0, 0.05) is 31.4 Å². The van der Waals surface area contributed by atoms with E-state index < -0.39 is 5.82 Å². The van der Waals surface area contributed by atoms with Crippen molar-refractivity contribution in [2.24, 2.45) is 0 Å². The molecule has 4 aromatic rings. The van der Waals surface area contributed by atoms with Crippen LogP contribution in [0, 0.1) is 17.7 Å². The first-order valence-corrected chi connectivity index (χ1v) is 13.9. The van der Waals surface area contributed by atoms with Crippen LogP contribution in [0.25, 0.3) is 22.2 Å². The Bertz CT molecular complexity index is 1620. The Labute approximate surface area is 244 Å². The molecule has 1 aliphatic rings. The maximum atomic E-state index is 14.6. The van der Waals surface area contributed by atoms with Gasteiger partial charge >= 0.3 is 0 Å². The molecule has 1 aliphatic heterocycles. The van der Waals surface area contributed by atoms with E-state index in [1.165, 1.54) is 13.2 Å². The molecule has 2 aromatic carbocycles. The molecule has 2 aromatic heterocycles. The Balaban J connectivity index is 1.51. The van der Waals surface area contributed by atoms with E-state index in [0.29, 0.717) is 31.2 Å². The summed E-state index contributed by atoms with van der Waals surface area (Å²) in [6.45, 7) is 4.07. The first-order chi connectivity index (χ1) is 20.4. The number of ether oxygens (including phenoxy) is 3. The lowest BCUT2D eigenvalue weighted by atomic mass is 10.1. The highest BCUT2D eigenvalue weighted by Crippen LogP contribution is 2.37. The molecule has 42 heavy (non-hydrogen) atoms. The summed E-state index contributed by atoms with van der Waals surface area (Å²) in [6, 6.07) is 12.0. The van der Waals surface area contributed by atoms with E-state index in [4.69, 9.17) is 19.3 Å². The molecule has 1 atom stereocenters. The summed E-state index contributed by atoms with van der Waals surface area (Å²) in [5.41, 5.74) is 2.40. The van der Waals surface area contributed by atoms with Crippen LogP contribution < -0.4 is 14.2 Å². The maximum absolute atomic E-state index is 14.6. The van der Waals surface area contributed by atoms with Gasteiger partial charge in [0.05, 0.1) is 24.7 Å². The fraction of sp³-hybridized carbons (Fsp3) is 0.344. The zero-order valence-electron chi connectivity index (χ0n) is 24.3. The highest BCUT2D eigenvalue weighted by Gasteiger charge is 2.28. The van der Waals surface area contributed by atoms with Gasteiger partial charge in [-0.2, -0.15) is 9.49 Å². The van der Waals surface area contributed by atoms with E-state index in [0.717, 1.165) is 41.5 Å². The SMILES string of the molecule is CC#CC(=O)N1CCCC(n2nc(-c3ccc(Oc4cccc(OC)c4F)cc3)c3cncc(OCCN(C)C)c32)C1. The molecule has 0 spiro atoms. The van der Waals surface area contributed by atoms with Crippen LogP contribution in [0.3, 0.4) is 0 Å². The van der Waals surface area contributed by atoms with E-state index in [9.17, 15) is 9.18 Å². The predicted octanol–water partition coefficient (Wildman–Crippen LogP) is 5.17. The van der Waals surface area contributed by atoms with Gasteiger partial charge in [0.1, 0.15) is 23.6 Å². The molecule has 0 N–H and O–H groups in total. The number of pyridine rings is 1. The second kappa shape index (κ2) is 12.9. The van der Waals surface area contributed by atoms with Crippen LogP contribution in [0.15, 0.2) is 54.9 Å². The molecule has 0 bridgehead atoms. The quantitative estimate of drug-likeness (QED) is 0.257. The third-order valence-electron chi connectivity index (χ3n) is 7.14. The number of benzene rings is 2. The van der Waals surface area contributed by atoms with E-state index in [1.54, 1.807) is 48.5 Å². The lowest BCUT2D eigenvalue weighted by molar-refractivity contribution is -0.126. The highest BCUT2D eigenvalue weighted by molar-refractivity contribution is 5.96. The zero-order chi connectivity index (χ0) is 29.6. The van der Waals surface area contributed by atoms with Gasteiger partial charge in [-0.15, -0.1) is 0 Å². The number of halogens is 1. The fourth-order valence-electron chi connectivity index (χ4n) is 5.04. The summed E-state index contributed by atoms with van der Waals surface area (Å²) in [4.78, 5) is 20.9. The number of piperidine rings is 1. The van der Waals surface area contributed by atoms with Crippen molar-refractivity contribution in [3.8, 4) is 46.1 Å². The van der Waals surface area contributed by atoms with Crippen LogP contribution in [0.1, 0.15) is 25.8 Å². The van der Waals surface area contributed by atoms with Crippen LogP contribution >= 0.6 is 0 Å². The van der Waals surface area contributed by atoms with Gasteiger partial charge in [-0.1, -0.05) is 12.0 Å². The highest BCUT2D eigenvalue weighted by atomic mass is 19.1. The molecule has 0 aliphatic carbocycles. The Morgan fingerprint density at radius 3 is 2.64 bits per heavy atom. The average Bonchev–Trinajstić information content (AvgIpc) is 3.39. The summed E-state index contributed by atoms with van der Waals surface area (Å²) < 4.78 is 33.7. The minimum atomic E-state index is -0.563. The molecule has 0 saturated carbocycles. The molecule has 1 amide bonds. The van der Waals surface area contributed by atoms with E-state index in [-0.39, 0.29) is 23.4 Å². The lowest BCUT2D eigenvalue weighted by Crippen LogP contribution is -2.40. The standard InChI is InChI=1S/C32H34FN5O4/c1-5-8-29(39)37-16-7-9-23(21-37)38-32-25(19-34-20-28(32)41-18-17-36(2)3)31(35-38)22-12-14-24(15-13-22)42-27-11-6-10-26(40-4)30(27)33/h6,10-15,19-20,23H,7,9,16-18,21H2,1-4H3. The second-order valence-electron chi connectivity index (χ2n) is 10.3. The van der Waals surface area contributed by atoms with E-state index in [1.807, 2.05) is 30.9 Å². The molecule has 1 saturated heterocycles. The number of likely N-dealkylation sites (tertiary alicyclic amines) is 1. The van der Waals surface area contributed by atoms with Crippen LogP contribution in [0.5, 0.6) is 23.0 Å². The third kappa shape index (κ3) is 6.16. The molecule has 0 radical (unpaired) electrons. The molecule has 218 valence electrons. The van der Waals surface area contributed by atoms with Crippen molar-refractivity contribution in [3.05, 3.63) is 60.7 Å². The van der Waals surface area contributed by atoms with Crippen LogP contribution in [-0.2, 0) is 4.79 Å². The first-order valence-electron chi connectivity index (χ1n) is 13.9. The largest absolute Gasteiger partial charge is 0.494 e. The summed E-state index contributed by atoms with van der Waals surface area (Å²) in [5, 5.41) is 5.91. The summed E-state index contributed by atoms with van der Waals surface area (Å²) in [7, 11) is 5.40. The number of amides is 1. The second-order valence-corrected chi connectivity index (χ2v) is 10.3. The van der Waals surface area contributed by atoms with Crippen molar-refractivity contribution in [1.82, 2.24) is 24.6 Å². The number of carbonyl (C=O) groups is 1. The number of fused-ring (bicyclic) bond motifs is 1.